The summed E-state index contributed by atoms with van der Waals surface area (Å²) in [6, 6.07) is 5.99. The van der Waals surface area contributed by atoms with Crippen molar-refractivity contribution in [2.24, 2.45) is 16.7 Å². The molecule has 0 radical (unpaired) electrons. The third-order valence-corrected chi connectivity index (χ3v) is 8.16. The Labute approximate surface area is 169 Å². The topological polar surface area (TPSA) is 78.4 Å². The Balaban J connectivity index is 0.000000161. The molecule has 0 unspecified atom stereocenters. The molecule has 5 fully saturated rings. The molecular weight excluding hydrogens is 405 g/mol. The lowest BCUT2D eigenvalue weighted by molar-refractivity contribution is -0.216. The van der Waals surface area contributed by atoms with E-state index in [1.807, 2.05) is 6.92 Å². The molecule has 3 N–H and O–H groups in total. The van der Waals surface area contributed by atoms with Gasteiger partial charge in [0.05, 0.1) is 10.3 Å². The molecule has 5 aliphatic rings. The Kier molecular flexibility index (Phi) is 4.85. The van der Waals surface area contributed by atoms with E-state index in [0.29, 0.717) is 18.3 Å². The highest BCUT2D eigenvalue weighted by Gasteiger charge is 2.72. The average Bonchev–Trinajstić information content (AvgIpc) is 3.27. The summed E-state index contributed by atoms with van der Waals surface area (Å²) < 4.78 is 68.0. The minimum atomic E-state index is -4.02. The van der Waals surface area contributed by atoms with E-state index in [1.165, 1.54) is 12.1 Å². The normalized spacial score (nSPS) is 32.2. The molecule has 9 heteroatoms. The van der Waals surface area contributed by atoms with Gasteiger partial charge in [0.25, 0.3) is 10.1 Å². The summed E-state index contributed by atoms with van der Waals surface area (Å²) in [5.74, 6) is 0.790. The van der Waals surface area contributed by atoms with Crippen LogP contribution in [-0.2, 0) is 10.1 Å². The van der Waals surface area contributed by atoms with Crippen LogP contribution < -0.4 is 10.6 Å². The van der Waals surface area contributed by atoms with Gasteiger partial charge in [-0.2, -0.15) is 21.6 Å². The van der Waals surface area contributed by atoms with Gasteiger partial charge in [0.1, 0.15) is 0 Å². The first-order valence-electron chi connectivity index (χ1n) is 9.96. The van der Waals surface area contributed by atoms with E-state index >= 15 is 0 Å². The van der Waals surface area contributed by atoms with Crippen molar-refractivity contribution in [3.05, 3.63) is 29.8 Å². The van der Waals surface area contributed by atoms with E-state index in [1.54, 1.807) is 12.1 Å². The van der Waals surface area contributed by atoms with E-state index < -0.39 is 21.7 Å². The minimum absolute atomic E-state index is 0.0666. The van der Waals surface area contributed by atoms with E-state index in [-0.39, 0.29) is 17.0 Å². The van der Waals surface area contributed by atoms with Crippen molar-refractivity contribution in [2.45, 2.75) is 55.6 Å². The van der Waals surface area contributed by atoms with Crippen LogP contribution in [0.3, 0.4) is 0 Å². The van der Waals surface area contributed by atoms with Crippen LogP contribution in [0.5, 0.6) is 0 Å². The van der Waals surface area contributed by atoms with Gasteiger partial charge in [0, 0.05) is 12.1 Å². The van der Waals surface area contributed by atoms with Crippen molar-refractivity contribution < 1.29 is 26.1 Å². The molecule has 4 saturated carbocycles. The Morgan fingerprint density at radius 3 is 2.07 bits per heavy atom. The van der Waals surface area contributed by atoms with Gasteiger partial charge in [-0.25, -0.2) is 0 Å². The fourth-order valence-electron chi connectivity index (χ4n) is 4.99. The summed E-state index contributed by atoms with van der Waals surface area (Å²) in [6.45, 7) is 4.22. The Morgan fingerprint density at radius 1 is 1.14 bits per heavy atom. The number of aryl methyl sites for hydroxylation is 1. The quantitative estimate of drug-likeness (QED) is 0.623. The summed E-state index contributed by atoms with van der Waals surface area (Å²) >= 11 is 0. The SMILES string of the molecule is Cc1ccc(S(=O)(=O)O)cc1.FC(F)(F)C1(CNC23CC(C4CNC4)(C2)C3)CC1. The summed E-state index contributed by atoms with van der Waals surface area (Å²) in [5.41, 5.74) is 0.148. The third-order valence-electron chi connectivity index (χ3n) is 7.29. The first kappa shape index (κ1) is 21.1. The van der Waals surface area contributed by atoms with E-state index in [0.717, 1.165) is 43.8 Å². The summed E-state index contributed by atoms with van der Waals surface area (Å²) in [6.07, 6.45) is -0.0471. The summed E-state index contributed by atoms with van der Waals surface area (Å²) in [4.78, 5) is -0.0666. The van der Waals surface area contributed by atoms with Crippen molar-refractivity contribution in [3.63, 3.8) is 0 Å². The van der Waals surface area contributed by atoms with Crippen LogP contribution in [0.25, 0.3) is 0 Å². The van der Waals surface area contributed by atoms with Gasteiger partial charge in [-0.3, -0.25) is 4.55 Å². The van der Waals surface area contributed by atoms with Crippen molar-refractivity contribution in [2.75, 3.05) is 19.6 Å². The smallest absolute Gasteiger partial charge is 0.316 e. The standard InChI is InChI=1S/C13H19F3N2.C7H8O3S/c14-13(15,16)11(1-2-11)8-18-12-5-10(6-12,7-12)9-3-17-4-9;1-6-2-4-7(5-3-6)11(8,9)10/h9,17-18H,1-8H2;2-5H,1H3,(H,8,9,10). The Bertz CT molecular complexity index is 855. The second-order valence-electron chi connectivity index (χ2n) is 9.45. The predicted octanol–water partition coefficient (Wildman–Crippen LogP) is 3.30. The molecule has 1 saturated heterocycles. The lowest BCUT2D eigenvalue weighted by Gasteiger charge is -2.75. The van der Waals surface area contributed by atoms with Gasteiger partial charge < -0.3 is 10.6 Å². The molecule has 0 aromatic heterocycles. The zero-order chi connectivity index (χ0) is 21.1. The number of benzene rings is 1. The van der Waals surface area contributed by atoms with Crippen molar-refractivity contribution in [3.8, 4) is 0 Å². The molecule has 2 bridgehead atoms. The van der Waals surface area contributed by atoms with Gasteiger partial charge in [0.15, 0.2) is 0 Å². The largest absolute Gasteiger partial charge is 0.395 e. The molecule has 6 rings (SSSR count). The fourth-order valence-corrected chi connectivity index (χ4v) is 5.47. The van der Waals surface area contributed by atoms with Crippen LogP contribution in [-0.4, -0.2) is 44.3 Å². The number of halogens is 3. The van der Waals surface area contributed by atoms with Crippen LogP contribution in [0.1, 0.15) is 37.7 Å². The maximum absolute atomic E-state index is 12.8. The zero-order valence-electron chi connectivity index (χ0n) is 16.3. The number of hydrogen-bond acceptors (Lipinski definition) is 4. The lowest BCUT2D eigenvalue weighted by Crippen LogP contribution is -2.79. The fraction of sp³-hybridized carbons (Fsp3) is 0.700. The average molecular weight is 433 g/mol. The third kappa shape index (κ3) is 3.82. The predicted molar refractivity (Wildman–Crippen MR) is 102 cm³/mol. The molecule has 0 atom stereocenters. The number of rotatable bonds is 5. The number of hydrogen-bond donors (Lipinski definition) is 3. The van der Waals surface area contributed by atoms with Crippen LogP contribution >= 0.6 is 0 Å². The monoisotopic (exact) mass is 432 g/mol. The number of nitrogens with one attached hydrogen (secondary N) is 2. The molecule has 1 aromatic rings. The maximum atomic E-state index is 12.8. The zero-order valence-corrected chi connectivity index (χ0v) is 17.2. The highest BCUT2D eigenvalue weighted by Crippen LogP contribution is 2.71. The van der Waals surface area contributed by atoms with Crippen LogP contribution in [0.15, 0.2) is 29.2 Å². The molecule has 162 valence electrons. The highest BCUT2D eigenvalue weighted by molar-refractivity contribution is 7.85. The van der Waals surface area contributed by atoms with Gasteiger partial charge in [-0.05, 0) is 75.6 Å². The second-order valence-corrected chi connectivity index (χ2v) is 10.9. The molecule has 4 aliphatic carbocycles. The van der Waals surface area contributed by atoms with E-state index in [2.05, 4.69) is 10.6 Å². The van der Waals surface area contributed by atoms with Gasteiger partial charge in [0.2, 0.25) is 0 Å². The lowest BCUT2D eigenvalue weighted by atomic mass is 9.35. The van der Waals surface area contributed by atoms with Gasteiger partial charge in [-0.15, -0.1) is 0 Å². The first-order chi connectivity index (χ1) is 13.4. The van der Waals surface area contributed by atoms with Crippen molar-refractivity contribution in [1.82, 2.24) is 10.6 Å². The van der Waals surface area contributed by atoms with Crippen molar-refractivity contribution in [1.29, 1.82) is 0 Å². The van der Waals surface area contributed by atoms with Crippen LogP contribution in [0.4, 0.5) is 13.2 Å². The summed E-state index contributed by atoms with van der Waals surface area (Å²) in [7, 11) is -4.02. The molecular formula is C20H27F3N2O3S. The molecule has 29 heavy (non-hydrogen) atoms. The maximum Gasteiger partial charge on any atom is 0.395 e. The minimum Gasteiger partial charge on any atom is -0.316 e. The molecule has 0 spiro atoms. The number of alkyl halides is 3. The molecule has 1 aromatic carbocycles. The highest BCUT2D eigenvalue weighted by atomic mass is 32.2. The first-order valence-corrected chi connectivity index (χ1v) is 11.4. The molecule has 0 amide bonds. The Morgan fingerprint density at radius 2 is 1.69 bits per heavy atom. The van der Waals surface area contributed by atoms with Crippen LogP contribution in [0.2, 0.25) is 0 Å². The summed E-state index contributed by atoms with van der Waals surface area (Å²) in [5, 5.41) is 6.55. The van der Waals surface area contributed by atoms with Crippen LogP contribution in [0, 0.1) is 23.7 Å². The molecule has 5 nitrogen and oxygen atoms in total. The molecule has 1 heterocycles. The van der Waals surface area contributed by atoms with E-state index in [4.69, 9.17) is 4.55 Å². The molecule has 1 aliphatic heterocycles. The van der Waals surface area contributed by atoms with E-state index in [9.17, 15) is 21.6 Å². The van der Waals surface area contributed by atoms with Crippen molar-refractivity contribution >= 4 is 10.1 Å². The second kappa shape index (κ2) is 6.67. The van der Waals surface area contributed by atoms with Gasteiger partial charge in [-0.1, -0.05) is 17.7 Å². The Hall–Kier alpha value is -1.16. The van der Waals surface area contributed by atoms with Gasteiger partial charge >= 0.3 is 6.18 Å².